The van der Waals surface area contributed by atoms with E-state index >= 15 is 0 Å². The zero-order chi connectivity index (χ0) is 23.1. The van der Waals surface area contributed by atoms with Crippen molar-refractivity contribution >= 4 is 29.6 Å². The highest BCUT2D eigenvalue weighted by Crippen LogP contribution is 2.13. The van der Waals surface area contributed by atoms with Gasteiger partial charge in [-0.05, 0) is 53.4 Å². The van der Waals surface area contributed by atoms with Gasteiger partial charge in [0.15, 0.2) is 0 Å². The minimum atomic E-state index is -1.12. The van der Waals surface area contributed by atoms with Gasteiger partial charge >= 0.3 is 11.9 Å². The van der Waals surface area contributed by atoms with E-state index in [2.05, 4.69) is 51.2 Å². The Balaban J connectivity index is 4.28. The number of aliphatic carboxylic acids is 2. The fourth-order valence-corrected chi connectivity index (χ4v) is 3.52. The highest BCUT2D eigenvalue weighted by molar-refractivity contribution is 7.99. The van der Waals surface area contributed by atoms with Crippen LogP contribution in [0.4, 0.5) is 0 Å². The van der Waals surface area contributed by atoms with Gasteiger partial charge in [-0.1, -0.05) is 41.9 Å². The third-order valence-corrected chi connectivity index (χ3v) is 5.47. The van der Waals surface area contributed by atoms with Crippen LogP contribution in [0.1, 0.15) is 66.7 Å². The molecule has 0 aromatic carbocycles. The molecule has 0 aromatic rings. The molecule has 30 heavy (non-hydrogen) atoms. The van der Waals surface area contributed by atoms with Gasteiger partial charge in [-0.25, -0.2) is 4.79 Å². The molecule has 0 rings (SSSR count). The van der Waals surface area contributed by atoms with Crippen LogP contribution in [-0.4, -0.2) is 45.6 Å². The van der Waals surface area contributed by atoms with Crippen LogP contribution in [0, 0.1) is 5.92 Å². The Morgan fingerprint density at radius 3 is 2.00 bits per heavy atom. The molecule has 170 valence electrons. The molecule has 0 aliphatic carbocycles. The van der Waals surface area contributed by atoms with Gasteiger partial charge in [-0.15, -0.1) is 0 Å². The fourth-order valence-electron chi connectivity index (χ4n) is 2.52. The van der Waals surface area contributed by atoms with E-state index < -0.39 is 29.8 Å². The van der Waals surface area contributed by atoms with Crippen LogP contribution in [0.25, 0.3) is 0 Å². The normalized spacial score (nSPS) is 14.0. The molecule has 0 saturated heterocycles. The van der Waals surface area contributed by atoms with E-state index in [1.807, 2.05) is 0 Å². The molecule has 0 bridgehead atoms. The van der Waals surface area contributed by atoms with Crippen LogP contribution in [0.3, 0.4) is 0 Å². The highest BCUT2D eigenvalue weighted by atomic mass is 32.2. The van der Waals surface area contributed by atoms with Crippen LogP contribution in [0.15, 0.2) is 34.9 Å². The van der Waals surface area contributed by atoms with Gasteiger partial charge in [0.25, 0.3) is 0 Å². The number of rotatable bonds is 15. The first-order chi connectivity index (χ1) is 14.0. The lowest BCUT2D eigenvalue weighted by Crippen LogP contribution is -2.43. The second kappa shape index (κ2) is 15.8. The van der Waals surface area contributed by atoms with E-state index in [4.69, 9.17) is 5.11 Å². The second-order valence-electron chi connectivity index (χ2n) is 7.90. The summed E-state index contributed by atoms with van der Waals surface area (Å²) in [6.45, 7) is 9.86. The molecule has 0 spiro atoms. The Morgan fingerprint density at radius 2 is 1.47 bits per heavy atom. The maximum absolute atomic E-state index is 11.8. The van der Waals surface area contributed by atoms with Gasteiger partial charge in [0.2, 0.25) is 5.91 Å². The molecule has 0 fully saturated rings. The Morgan fingerprint density at radius 1 is 0.900 bits per heavy atom. The van der Waals surface area contributed by atoms with Gasteiger partial charge in [-0.2, -0.15) is 11.8 Å². The summed E-state index contributed by atoms with van der Waals surface area (Å²) in [7, 11) is 0. The van der Waals surface area contributed by atoms with E-state index in [-0.39, 0.29) is 12.2 Å². The van der Waals surface area contributed by atoms with E-state index in [1.165, 1.54) is 35.4 Å². The summed E-state index contributed by atoms with van der Waals surface area (Å²) in [6, 6.07) is -1.02. The molecule has 3 N–H and O–H groups in total. The maximum Gasteiger partial charge on any atom is 0.327 e. The summed E-state index contributed by atoms with van der Waals surface area (Å²) in [4.78, 5) is 33.9. The summed E-state index contributed by atoms with van der Waals surface area (Å²) < 4.78 is 0. The fraction of sp³-hybridized carbons (Fsp3) is 0.609. The molecule has 1 amide bonds. The van der Waals surface area contributed by atoms with Gasteiger partial charge in [-0.3, -0.25) is 9.59 Å². The minimum Gasteiger partial charge on any atom is -0.481 e. The van der Waals surface area contributed by atoms with Gasteiger partial charge in [0.1, 0.15) is 6.04 Å². The minimum absolute atomic E-state index is 0.232. The van der Waals surface area contributed by atoms with Gasteiger partial charge < -0.3 is 15.5 Å². The molecule has 0 heterocycles. The number of nitrogens with one attached hydrogen (secondary N) is 1. The second-order valence-corrected chi connectivity index (χ2v) is 8.97. The van der Waals surface area contributed by atoms with Crippen LogP contribution in [-0.2, 0) is 14.4 Å². The molecule has 0 aromatic heterocycles. The van der Waals surface area contributed by atoms with E-state index in [9.17, 15) is 19.5 Å². The van der Waals surface area contributed by atoms with Crippen molar-refractivity contribution in [2.24, 2.45) is 5.92 Å². The number of allylic oxidation sites excluding steroid dienone is 5. The third-order valence-electron chi connectivity index (χ3n) is 4.50. The number of hydrogen-bond acceptors (Lipinski definition) is 4. The number of hydrogen-bond donors (Lipinski definition) is 3. The predicted octanol–water partition coefficient (Wildman–Crippen LogP) is 4.82. The van der Waals surface area contributed by atoms with Crippen LogP contribution >= 0.6 is 11.8 Å². The molecule has 0 aliphatic rings. The Labute approximate surface area is 184 Å². The van der Waals surface area contributed by atoms with Crippen LogP contribution in [0.2, 0.25) is 0 Å². The molecule has 6 nitrogen and oxygen atoms in total. The number of carbonyl (C=O) groups is 3. The van der Waals surface area contributed by atoms with Crippen LogP contribution < -0.4 is 5.32 Å². The number of thioether (sulfide) groups is 1. The molecule has 7 heteroatoms. The third kappa shape index (κ3) is 14.9. The van der Waals surface area contributed by atoms with Crippen molar-refractivity contribution in [3.05, 3.63) is 34.9 Å². The lowest BCUT2D eigenvalue weighted by atomic mass is 10.1. The standard InChI is InChI=1S/C23H37NO5S/c1-16(2)8-6-9-17(3)10-7-11-18(4)12-13-30-15-20(23(28)29)24-21(25)14-19(5)22(26)27/h8,10,12,19-20H,6-7,9,11,13-15H2,1-5H3,(H,24,25)(H,26,27)(H,28,29)/b17-10+,18-12+. The Hall–Kier alpha value is -2.02. The van der Waals surface area contributed by atoms with E-state index in [0.29, 0.717) is 5.75 Å². The zero-order valence-corrected chi connectivity index (χ0v) is 19.7. The Bertz CT molecular complexity index is 663. The van der Waals surface area contributed by atoms with Gasteiger partial charge in [0, 0.05) is 17.9 Å². The summed E-state index contributed by atoms with van der Waals surface area (Å²) in [5, 5.41) is 20.5. The number of amides is 1. The van der Waals surface area contributed by atoms with Gasteiger partial charge in [0.05, 0.1) is 5.92 Å². The first-order valence-corrected chi connectivity index (χ1v) is 11.5. The van der Waals surface area contributed by atoms with Crippen molar-refractivity contribution in [1.29, 1.82) is 0 Å². The molecule has 0 saturated carbocycles. The topological polar surface area (TPSA) is 104 Å². The average Bonchev–Trinajstić information content (AvgIpc) is 2.63. The smallest absolute Gasteiger partial charge is 0.327 e. The lowest BCUT2D eigenvalue weighted by Gasteiger charge is -2.15. The van der Waals surface area contributed by atoms with Crippen molar-refractivity contribution in [3.8, 4) is 0 Å². The van der Waals surface area contributed by atoms with Crippen molar-refractivity contribution in [2.75, 3.05) is 11.5 Å². The van der Waals surface area contributed by atoms with E-state index in [0.717, 1.165) is 25.7 Å². The molecule has 2 unspecified atom stereocenters. The summed E-state index contributed by atoms with van der Waals surface area (Å²) >= 11 is 1.43. The first-order valence-electron chi connectivity index (χ1n) is 10.3. The summed E-state index contributed by atoms with van der Waals surface area (Å²) in [6.07, 6.45) is 10.5. The van der Waals surface area contributed by atoms with E-state index in [1.54, 1.807) is 0 Å². The average molecular weight is 440 g/mol. The summed E-state index contributed by atoms with van der Waals surface area (Å²) in [5.41, 5.74) is 3.99. The molecular weight excluding hydrogens is 402 g/mol. The highest BCUT2D eigenvalue weighted by Gasteiger charge is 2.22. The van der Waals surface area contributed by atoms with Crippen molar-refractivity contribution < 1.29 is 24.6 Å². The zero-order valence-electron chi connectivity index (χ0n) is 18.9. The molecule has 0 aliphatic heterocycles. The van der Waals surface area contributed by atoms with Crippen molar-refractivity contribution in [1.82, 2.24) is 5.32 Å². The SMILES string of the molecule is CC(C)=CCC/C(C)=C/CC/C(C)=C/CSCC(NC(=O)CC(C)C(=O)O)C(=O)O. The molecular formula is C23H37NO5S. The van der Waals surface area contributed by atoms with Crippen molar-refractivity contribution in [2.45, 2.75) is 72.8 Å². The maximum atomic E-state index is 11.8. The quantitative estimate of drug-likeness (QED) is 0.250. The predicted molar refractivity (Wildman–Crippen MR) is 124 cm³/mol. The molecule has 2 atom stereocenters. The van der Waals surface area contributed by atoms with Crippen LogP contribution in [0.5, 0.6) is 0 Å². The summed E-state index contributed by atoms with van der Waals surface area (Å²) in [5.74, 6) is -2.70. The first kappa shape index (κ1) is 28.0. The van der Waals surface area contributed by atoms with Crippen molar-refractivity contribution in [3.63, 3.8) is 0 Å². The number of carbonyl (C=O) groups excluding carboxylic acids is 1. The monoisotopic (exact) mass is 439 g/mol. The number of carboxylic acid groups (broad SMARTS) is 2. The molecule has 0 radical (unpaired) electrons. The largest absolute Gasteiger partial charge is 0.481 e. The number of carboxylic acids is 2. The Kier molecular flexibility index (Phi) is 14.7. The lowest BCUT2D eigenvalue weighted by molar-refractivity contribution is -0.144.